The van der Waals surface area contributed by atoms with Crippen LogP contribution in [0.1, 0.15) is 12.8 Å². The first-order valence-corrected chi connectivity index (χ1v) is 6.44. The van der Waals surface area contributed by atoms with E-state index in [-0.39, 0.29) is 18.8 Å². The number of nitrogens with one attached hydrogen (secondary N) is 1. The number of hydrogen-bond acceptors (Lipinski definition) is 4. The van der Waals surface area contributed by atoms with Crippen molar-refractivity contribution in [3.05, 3.63) is 29.3 Å². The summed E-state index contributed by atoms with van der Waals surface area (Å²) in [5, 5.41) is 22.7. The van der Waals surface area contributed by atoms with E-state index in [2.05, 4.69) is 5.32 Å². The highest BCUT2D eigenvalue weighted by molar-refractivity contribution is 6.30. The maximum Gasteiger partial charge on any atom is 0.120 e. The number of aliphatic hydroxyl groups is 2. The standard InChI is InChI=1S/C13H18ClNO3/c14-10-2-1-3-12(6-10)18-8-11(17)7-15-13(9-16)4-5-13/h1-3,6,11,15-17H,4-5,7-9H2. The molecule has 100 valence electrons. The monoisotopic (exact) mass is 271 g/mol. The molecule has 1 saturated carbocycles. The molecule has 1 aliphatic carbocycles. The van der Waals surface area contributed by atoms with Crippen molar-refractivity contribution in [3.63, 3.8) is 0 Å². The summed E-state index contributed by atoms with van der Waals surface area (Å²) in [6.07, 6.45) is 1.32. The highest BCUT2D eigenvalue weighted by atomic mass is 35.5. The van der Waals surface area contributed by atoms with Crippen LogP contribution in [0.25, 0.3) is 0 Å². The van der Waals surface area contributed by atoms with Gasteiger partial charge in [-0.2, -0.15) is 0 Å². The van der Waals surface area contributed by atoms with Crippen LogP contribution in [0.3, 0.4) is 0 Å². The van der Waals surface area contributed by atoms with E-state index < -0.39 is 6.10 Å². The summed E-state index contributed by atoms with van der Waals surface area (Å²) in [5.74, 6) is 0.643. The number of benzene rings is 1. The zero-order chi connectivity index (χ0) is 13.0. The Morgan fingerprint density at radius 2 is 2.22 bits per heavy atom. The van der Waals surface area contributed by atoms with Crippen LogP contribution >= 0.6 is 11.6 Å². The molecule has 4 nitrogen and oxygen atoms in total. The summed E-state index contributed by atoms with van der Waals surface area (Å²) in [6.45, 7) is 0.741. The van der Waals surface area contributed by atoms with Gasteiger partial charge in [0.2, 0.25) is 0 Å². The van der Waals surface area contributed by atoms with E-state index >= 15 is 0 Å². The lowest BCUT2D eigenvalue weighted by Gasteiger charge is -2.18. The molecule has 1 atom stereocenters. The van der Waals surface area contributed by atoms with Crippen molar-refractivity contribution in [2.45, 2.75) is 24.5 Å². The van der Waals surface area contributed by atoms with Gasteiger partial charge in [0.05, 0.1) is 6.61 Å². The van der Waals surface area contributed by atoms with Crippen LogP contribution in [0.15, 0.2) is 24.3 Å². The Kier molecular flexibility index (Phi) is 4.45. The molecule has 0 bridgehead atoms. The lowest BCUT2D eigenvalue weighted by molar-refractivity contribution is 0.0979. The number of rotatable bonds is 7. The highest BCUT2D eigenvalue weighted by Crippen LogP contribution is 2.34. The van der Waals surface area contributed by atoms with Gasteiger partial charge in [0.1, 0.15) is 18.5 Å². The molecule has 18 heavy (non-hydrogen) atoms. The van der Waals surface area contributed by atoms with Crippen molar-refractivity contribution in [1.29, 1.82) is 0 Å². The van der Waals surface area contributed by atoms with Gasteiger partial charge in [-0.15, -0.1) is 0 Å². The number of halogens is 1. The predicted octanol–water partition coefficient (Wildman–Crippen LogP) is 1.19. The minimum Gasteiger partial charge on any atom is -0.491 e. The molecule has 3 N–H and O–H groups in total. The van der Waals surface area contributed by atoms with Crippen LogP contribution in [-0.2, 0) is 0 Å². The third-order valence-electron chi connectivity index (χ3n) is 3.11. The van der Waals surface area contributed by atoms with Crippen LogP contribution in [0.2, 0.25) is 5.02 Å². The largest absolute Gasteiger partial charge is 0.491 e. The van der Waals surface area contributed by atoms with Crippen molar-refractivity contribution in [3.8, 4) is 5.75 Å². The first-order chi connectivity index (χ1) is 8.63. The molecule has 1 aromatic carbocycles. The summed E-state index contributed by atoms with van der Waals surface area (Å²) >= 11 is 5.83. The number of β-amino-alcohol motifs (C(OH)–C–C–N with tert-alkyl or cyclic N) is 1. The lowest BCUT2D eigenvalue weighted by atomic mass is 10.2. The van der Waals surface area contributed by atoms with Gasteiger partial charge in [0, 0.05) is 17.1 Å². The zero-order valence-electron chi connectivity index (χ0n) is 10.1. The zero-order valence-corrected chi connectivity index (χ0v) is 10.9. The topological polar surface area (TPSA) is 61.7 Å². The van der Waals surface area contributed by atoms with Crippen molar-refractivity contribution in [1.82, 2.24) is 5.32 Å². The van der Waals surface area contributed by atoms with E-state index in [0.717, 1.165) is 12.8 Å². The highest BCUT2D eigenvalue weighted by Gasteiger charge is 2.41. The Morgan fingerprint density at radius 3 is 2.83 bits per heavy atom. The van der Waals surface area contributed by atoms with Crippen molar-refractivity contribution < 1.29 is 14.9 Å². The van der Waals surface area contributed by atoms with Gasteiger partial charge in [-0.1, -0.05) is 17.7 Å². The SMILES string of the molecule is OCC1(NCC(O)COc2cccc(Cl)c2)CC1. The molecule has 0 spiro atoms. The third-order valence-corrected chi connectivity index (χ3v) is 3.34. The van der Waals surface area contributed by atoms with Gasteiger partial charge in [-0.05, 0) is 31.0 Å². The smallest absolute Gasteiger partial charge is 0.120 e. The van der Waals surface area contributed by atoms with Gasteiger partial charge in [0.25, 0.3) is 0 Å². The summed E-state index contributed by atoms with van der Waals surface area (Å²) in [5.41, 5.74) is -0.156. The average Bonchev–Trinajstić information content (AvgIpc) is 3.15. The molecule has 0 aliphatic heterocycles. The van der Waals surface area contributed by atoms with Crippen molar-refractivity contribution in [2.24, 2.45) is 0 Å². The fraction of sp³-hybridized carbons (Fsp3) is 0.538. The van der Waals surface area contributed by atoms with E-state index in [1.54, 1.807) is 24.3 Å². The molecule has 1 aromatic rings. The molecule has 0 amide bonds. The van der Waals surface area contributed by atoms with Crippen LogP contribution in [0, 0.1) is 0 Å². The summed E-state index contributed by atoms with van der Waals surface area (Å²) in [6, 6.07) is 7.07. The number of ether oxygens (including phenoxy) is 1. The first-order valence-electron chi connectivity index (χ1n) is 6.06. The maximum absolute atomic E-state index is 9.76. The Labute approximate surface area is 112 Å². The van der Waals surface area contributed by atoms with E-state index in [9.17, 15) is 5.11 Å². The van der Waals surface area contributed by atoms with Gasteiger partial charge in [-0.3, -0.25) is 0 Å². The third kappa shape index (κ3) is 3.85. The van der Waals surface area contributed by atoms with Crippen LogP contribution in [-0.4, -0.2) is 41.6 Å². The molecule has 0 saturated heterocycles. The minimum absolute atomic E-state index is 0.120. The Hall–Kier alpha value is -0.810. The van der Waals surface area contributed by atoms with E-state index in [4.69, 9.17) is 21.4 Å². The molecule has 1 aliphatic rings. The minimum atomic E-state index is -0.604. The number of hydrogen-bond donors (Lipinski definition) is 3. The van der Waals surface area contributed by atoms with Gasteiger partial charge < -0.3 is 20.3 Å². The van der Waals surface area contributed by atoms with Crippen molar-refractivity contribution >= 4 is 11.6 Å². The molecule has 0 radical (unpaired) electrons. The van der Waals surface area contributed by atoms with Gasteiger partial charge >= 0.3 is 0 Å². The molecule has 0 aromatic heterocycles. The van der Waals surface area contributed by atoms with Crippen LogP contribution in [0.5, 0.6) is 5.75 Å². The van der Waals surface area contributed by atoms with Gasteiger partial charge in [-0.25, -0.2) is 0 Å². The molecule has 1 unspecified atom stereocenters. The van der Waals surface area contributed by atoms with Gasteiger partial charge in [0.15, 0.2) is 0 Å². The fourth-order valence-electron chi connectivity index (χ4n) is 1.68. The van der Waals surface area contributed by atoms with Crippen LogP contribution in [0.4, 0.5) is 0 Å². The normalized spacial score (nSPS) is 18.4. The Balaban J connectivity index is 1.70. The Morgan fingerprint density at radius 1 is 1.44 bits per heavy atom. The van der Waals surface area contributed by atoms with Crippen molar-refractivity contribution in [2.75, 3.05) is 19.8 Å². The molecule has 5 heteroatoms. The van der Waals surface area contributed by atoms with E-state index in [0.29, 0.717) is 17.3 Å². The molecule has 2 rings (SSSR count). The summed E-state index contributed by atoms with van der Waals surface area (Å²) < 4.78 is 5.43. The Bertz CT molecular complexity index is 396. The second kappa shape index (κ2) is 5.89. The number of aliphatic hydroxyl groups excluding tert-OH is 2. The first kappa shape index (κ1) is 13.6. The molecular formula is C13H18ClNO3. The molecule has 1 fully saturated rings. The second-order valence-electron chi connectivity index (χ2n) is 4.74. The van der Waals surface area contributed by atoms with E-state index in [1.165, 1.54) is 0 Å². The molecule has 0 heterocycles. The average molecular weight is 272 g/mol. The quantitative estimate of drug-likeness (QED) is 0.697. The lowest BCUT2D eigenvalue weighted by Crippen LogP contribution is -2.41. The predicted molar refractivity (Wildman–Crippen MR) is 70.0 cm³/mol. The fourth-order valence-corrected chi connectivity index (χ4v) is 1.86. The van der Waals surface area contributed by atoms with E-state index in [1.807, 2.05) is 0 Å². The summed E-state index contributed by atoms with van der Waals surface area (Å²) in [7, 11) is 0. The van der Waals surface area contributed by atoms with Crippen LogP contribution < -0.4 is 10.1 Å². The summed E-state index contributed by atoms with van der Waals surface area (Å²) in [4.78, 5) is 0. The second-order valence-corrected chi connectivity index (χ2v) is 5.18. The maximum atomic E-state index is 9.76. The molecular weight excluding hydrogens is 254 g/mol.